The van der Waals surface area contributed by atoms with E-state index in [1.54, 1.807) is 18.8 Å². The highest BCUT2D eigenvalue weighted by Crippen LogP contribution is 2.20. The van der Waals surface area contributed by atoms with E-state index in [9.17, 15) is 9.59 Å². The largest absolute Gasteiger partial charge is 0.481 e. The second-order valence-electron chi connectivity index (χ2n) is 4.58. The van der Waals surface area contributed by atoms with Gasteiger partial charge in [0.15, 0.2) is 0 Å². The van der Waals surface area contributed by atoms with Crippen molar-refractivity contribution < 1.29 is 19.4 Å². The van der Waals surface area contributed by atoms with Crippen LogP contribution < -0.4 is 5.32 Å². The summed E-state index contributed by atoms with van der Waals surface area (Å²) in [7, 11) is 1.67. The highest BCUT2D eigenvalue weighted by molar-refractivity contribution is 7.99. The smallest absolute Gasteiger partial charge is 0.311 e. The number of hydrogen-bond acceptors (Lipinski definition) is 5. The Bertz CT molecular complexity index is 333. The molecule has 2 heterocycles. The van der Waals surface area contributed by atoms with Crippen molar-refractivity contribution in [3.8, 4) is 0 Å². The summed E-state index contributed by atoms with van der Waals surface area (Å²) in [5, 5.41) is 12.3. The molecule has 0 aliphatic carbocycles. The first kappa shape index (κ1) is 13.6. The van der Waals surface area contributed by atoms with Crippen LogP contribution in [0.15, 0.2) is 0 Å². The molecule has 0 saturated carbocycles. The fourth-order valence-corrected chi connectivity index (χ4v) is 3.22. The van der Waals surface area contributed by atoms with Crippen LogP contribution in [-0.4, -0.2) is 72.3 Å². The first-order valence-electron chi connectivity index (χ1n) is 5.99. The maximum atomic E-state index is 12.3. The summed E-state index contributed by atoms with van der Waals surface area (Å²) in [5.74, 6) is 0.203. The van der Waals surface area contributed by atoms with Gasteiger partial charge in [-0.2, -0.15) is 11.8 Å². The van der Waals surface area contributed by atoms with Gasteiger partial charge in [-0.3, -0.25) is 9.59 Å². The van der Waals surface area contributed by atoms with Crippen molar-refractivity contribution in [2.24, 2.45) is 5.92 Å². The molecule has 102 valence electrons. The van der Waals surface area contributed by atoms with E-state index < -0.39 is 11.9 Å². The third kappa shape index (κ3) is 2.78. The molecule has 18 heavy (non-hydrogen) atoms. The Kier molecular flexibility index (Phi) is 4.47. The average molecular weight is 274 g/mol. The number of hydrogen-bond donors (Lipinski definition) is 2. The minimum atomic E-state index is -0.900. The van der Waals surface area contributed by atoms with E-state index in [0.717, 1.165) is 18.1 Å². The lowest BCUT2D eigenvalue weighted by atomic mass is 10.0. The Morgan fingerprint density at radius 2 is 2.22 bits per heavy atom. The van der Waals surface area contributed by atoms with Crippen molar-refractivity contribution in [3.05, 3.63) is 0 Å². The minimum Gasteiger partial charge on any atom is -0.481 e. The molecule has 0 aromatic rings. The molecular formula is C11H18N2O4S. The van der Waals surface area contributed by atoms with Gasteiger partial charge in [0.25, 0.3) is 0 Å². The normalized spacial score (nSPS) is 32.2. The van der Waals surface area contributed by atoms with Crippen molar-refractivity contribution >= 4 is 23.6 Å². The molecule has 0 aromatic heterocycles. The first-order chi connectivity index (χ1) is 8.61. The SMILES string of the molecule is CN(C(=O)C1CSCCN1)C1COCC1C(=O)O. The molecular weight excluding hydrogens is 256 g/mol. The molecule has 2 saturated heterocycles. The molecule has 6 nitrogen and oxygen atoms in total. The topological polar surface area (TPSA) is 78.9 Å². The van der Waals surface area contributed by atoms with Crippen LogP contribution in [0, 0.1) is 5.92 Å². The molecule has 0 aromatic carbocycles. The van der Waals surface area contributed by atoms with Gasteiger partial charge in [0.2, 0.25) is 5.91 Å². The van der Waals surface area contributed by atoms with E-state index in [0.29, 0.717) is 6.61 Å². The highest BCUT2D eigenvalue weighted by Gasteiger charge is 2.40. The zero-order valence-electron chi connectivity index (χ0n) is 10.3. The van der Waals surface area contributed by atoms with Gasteiger partial charge in [0.05, 0.1) is 25.3 Å². The van der Waals surface area contributed by atoms with Gasteiger partial charge in [0, 0.05) is 25.1 Å². The Labute approximate surface area is 110 Å². The number of carbonyl (C=O) groups excluding carboxylic acids is 1. The van der Waals surface area contributed by atoms with Crippen LogP contribution in [0.5, 0.6) is 0 Å². The predicted octanol–water partition coefficient (Wildman–Crippen LogP) is -0.751. The zero-order chi connectivity index (χ0) is 13.1. The average Bonchev–Trinajstić information content (AvgIpc) is 2.87. The summed E-state index contributed by atoms with van der Waals surface area (Å²) in [6.07, 6.45) is 0. The summed E-state index contributed by atoms with van der Waals surface area (Å²) in [6.45, 7) is 1.31. The van der Waals surface area contributed by atoms with Gasteiger partial charge in [-0.25, -0.2) is 0 Å². The number of nitrogens with zero attached hydrogens (tertiary/aromatic N) is 1. The molecule has 2 aliphatic rings. The molecule has 0 spiro atoms. The number of carboxylic acid groups (broad SMARTS) is 1. The first-order valence-corrected chi connectivity index (χ1v) is 7.15. The second-order valence-corrected chi connectivity index (χ2v) is 5.73. The summed E-state index contributed by atoms with van der Waals surface area (Å²) in [4.78, 5) is 24.9. The maximum Gasteiger partial charge on any atom is 0.311 e. The highest BCUT2D eigenvalue weighted by atomic mass is 32.2. The lowest BCUT2D eigenvalue weighted by molar-refractivity contribution is -0.144. The number of likely N-dealkylation sites (N-methyl/N-ethyl adjacent to an activating group) is 1. The van der Waals surface area contributed by atoms with Gasteiger partial charge < -0.3 is 20.1 Å². The Morgan fingerprint density at radius 3 is 2.83 bits per heavy atom. The lowest BCUT2D eigenvalue weighted by Crippen LogP contribution is -2.54. The monoisotopic (exact) mass is 274 g/mol. The van der Waals surface area contributed by atoms with Crippen LogP contribution >= 0.6 is 11.8 Å². The number of aliphatic carboxylic acids is 1. The molecule has 7 heteroatoms. The third-order valence-corrected chi connectivity index (χ3v) is 4.49. The number of thioether (sulfide) groups is 1. The predicted molar refractivity (Wildman–Crippen MR) is 67.6 cm³/mol. The molecule has 3 atom stereocenters. The number of rotatable bonds is 3. The van der Waals surface area contributed by atoms with Gasteiger partial charge >= 0.3 is 5.97 Å². The van der Waals surface area contributed by atoms with Crippen molar-refractivity contribution in [3.63, 3.8) is 0 Å². The summed E-state index contributed by atoms with van der Waals surface area (Å²) in [6, 6.07) is -0.562. The van der Waals surface area contributed by atoms with Crippen LogP contribution in [0.1, 0.15) is 0 Å². The summed E-state index contributed by atoms with van der Waals surface area (Å²) >= 11 is 1.74. The molecule has 1 amide bonds. The molecule has 2 N–H and O–H groups in total. The number of nitrogens with one attached hydrogen (secondary N) is 1. The van der Waals surface area contributed by atoms with Crippen molar-refractivity contribution in [1.29, 1.82) is 0 Å². The van der Waals surface area contributed by atoms with Crippen LogP contribution in [-0.2, 0) is 14.3 Å². The van der Waals surface area contributed by atoms with E-state index in [1.807, 2.05) is 0 Å². The van der Waals surface area contributed by atoms with Crippen LogP contribution in [0.25, 0.3) is 0 Å². The quantitative estimate of drug-likeness (QED) is 0.705. The second kappa shape index (κ2) is 5.90. The molecule has 2 fully saturated rings. The Hall–Kier alpha value is -0.790. The summed E-state index contributed by atoms with van der Waals surface area (Å²) in [5.41, 5.74) is 0. The van der Waals surface area contributed by atoms with Crippen LogP contribution in [0.3, 0.4) is 0 Å². The van der Waals surface area contributed by atoms with E-state index in [-0.39, 0.29) is 24.6 Å². The molecule has 0 bridgehead atoms. The van der Waals surface area contributed by atoms with Gasteiger partial charge in [0.1, 0.15) is 5.92 Å². The number of carbonyl (C=O) groups is 2. The van der Waals surface area contributed by atoms with Crippen LogP contribution in [0.2, 0.25) is 0 Å². The van der Waals surface area contributed by atoms with Gasteiger partial charge in [-0.1, -0.05) is 0 Å². The molecule has 2 rings (SSSR count). The Morgan fingerprint density at radius 1 is 1.44 bits per heavy atom. The fraction of sp³-hybridized carbons (Fsp3) is 0.818. The van der Waals surface area contributed by atoms with E-state index in [1.165, 1.54) is 4.90 Å². The number of ether oxygens (including phenoxy) is 1. The van der Waals surface area contributed by atoms with E-state index in [4.69, 9.17) is 9.84 Å². The minimum absolute atomic E-state index is 0.0380. The molecule has 0 radical (unpaired) electrons. The van der Waals surface area contributed by atoms with Gasteiger partial charge in [-0.15, -0.1) is 0 Å². The Balaban J connectivity index is 1.98. The number of carboxylic acids is 1. The standard InChI is InChI=1S/C11H18N2O4S/c1-13(9-5-17-4-7(9)11(15)16)10(14)8-6-18-3-2-12-8/h7-9,12H,2-6H2,1H3,(H,15,16). The van der Waals surface area contributed by atoms with E-state index >= 15 is 0 Å². The van der Waals surface area contributed by atoms with E-state index in [2.05, 4.69) is 5.32 Å². The zero-order valence-corrected chi connectivity index (χ0v) is 11.1. The van der Waals surface area contributed by atoms with Gasteiger partial charge in [-0.05, 0) is 0 Å². The third-order valence-electron chi connectivity index (χ3n) is 3.43. The van der Waals surface area contributed by atoms with Crippen molar-refractivity contribution in [2.75, 3.05) is 38.3 Å². The van der Waals surface area contributed by atoms with Crippen molar-refractivity contribution in [1.82, 2.24) is 10.2 Å². The lowest BCUT2D eigenvalue weighted by Gasteiger charge is -2.31. The molecule has 2 aliphatic heterocycles. The summed E-state index contributed by atoms with van der Waals surface area (Å²) < 4.78 is 5.19. The number of amides is 1. The molecule has 3 unspecified atom stereocenters. The maximum absolute atomic E-state index is 12.3. The van der Waals surface area contributed by atoms with Crippen LogP contribution in [0.4, 0.5) is 0 Å². The fourth-order valence-electron chi connectivity index (χ4n) is 2.29. The van der Waals surface area contributed by atoms with Crippen molar-refractivity contribution in [2.45, 2.75) is 12.1 Å².